The zero-order chi connectivity index (χ0) is 68.7. The number of rotatable bonds is 70. The molecule has 0 aliphatic carbocycles. The fourth-order valence-corrected chi connectivity index (χ4v) is 12.3. The number of carbonyl (C=O) groups excluding carboxylic acids is 4. The Labute approximate surface area is 567 Å². The van der Waals surface area contributed by atoms with Crippen molar-refractivity contribution in [2.24, 2.45) is 17.8 Å². The second kappa shape index (κ2) is 64.2. The topological polar surface area (TPSA) is 237 Å². The lowest BCUT2D eigenvalue weighted by Crippen LogP contribution is -2.30. The van der Waals surface area contributed by atoms with Crippen LogP contribution in [0.3, 0.4) is 0 Å². The van der Waals surface area contributed by atoms with Crippen LogP contribution >= 0.6 is 15.6 Å². The second-order valence-corrected chi connectivity index (χ2v) is 30.3. The molecule has 0 heterocycles. The number of esters is 4. The molecule has 0 radical (unpaired) electrons. The summed E-state index contributed by atoms with van der Waals surface area (Å²) >= 11 is 0. The lowest BCUT2D eigenvalue weighted by molar-refractivity contribution is -0.161. The number of allylic oxidation sites excluding steroid dienone is 4. The molecule has 0 spiro atoms. The summed E-state index contributed by atoms with van der Waals surface area (Å²) in [7, 11) is -9.92. The molecule has 19 heteroatoms. The number of aliphatic hydroxyl groups excluding tert-OH is 1. The molecule has 0 aliphatic heterocycles. The fourth-order valence-electron chi connectivity index (χ4n) is 10.7. The van der Waals surface area contributed by atoms with Crippen LogP contribution in [0.5, 0.6) is 0 Å². The van der Waals surface area contributed by atoms with Gasteiger partial charge in [0, 0.05) is 25.7 Å². The molecule has 3 unspecified atom stereocenters. The first-order chi connectivity index (χ1) is 44.7. The van der Waals surface area contributed by atoms with E-state index < -0.39 is 97.5 Å². The molecule has 3 N–H and O–H groups in total. The van der Waals surface area contributed by atoms with Crippen molar-refractivity contribution in [1.29, 1.82) is 0 Å². The zero-order valence-electron chi connectivity index (χ0n) is 60.2. The Morgan fingerprint density at radius 2 is 0.581 bits per heavy atom. The highest BCUT2D eigenvalue weighted by Gasteiger charge is 2.30. The molecule has 0 aliphatic rings. The predicted molar refractivity (Wildman–Crippen MR) is 377 cm³/mol. The highest BCUT2D eigenvalue weighted by molar-refractivity contribution is 7.47. The Bertz CT molecular complexity index is 1910. The summed E-state index contributed by atoms with van der Waals surface area (Å²) in [6.45, 7) is 11.7. The molecule has 0 fully saturated rings. The Morgan fingerprint density at radius 3 is 0.871 bits per heavy atom. The van der Waals surface area contributed by atoms with E-state index in [9.17, 15) is 43.2 Å². The maximum atomic E-state index is 13.1. The third kappa shape index (κ3) is 67.9. The van der Waals surface area contributed by atoms with Gasteiger partial charge in [0.15, 0.2) is 12.2 Å². The van der Waals surface area contributed by atoms with E-state index >= 15 is 0 Å². The first-order valence-corrected chi connectivity index (χ1v) is 40.7. The van der Waals surface area contributed by atoms with Crippen LogP contribution in [-0.4, -0.2) is 96.7 Å². The molecule has 0 rings (SSSR count). The van der Waals surface area contributed by atoms with Crippen LogP contribution < -0.4 is 0 Å². The molecule has 0 saturated carbocycles. The van der Waals surface area contributed by atoms with E-state index in [0.29, 0.717) is 31.6 Å². The van der Waals surface area contributed by atoms with Crippen molar-refractivity contribution in [2.75, 3.05) is 39.6 Å². The molecule has 0 aromatic carbocycles. The van der Waals surface area contributed by atoms with Gasteiger partial charge in [-0.2, -0.15) is 0 Å². The van der Waals surface area contributed by atoms with E-state index in [1.165, 1.54) is 141 Å². The monoisotopic (exact) mass is 1360 g/mol. The number of carbonyl (C=O) groups is 4. The van der Waals surface area contributed by atoms with Gasteiger partial charge < -0.3 is 33.8 Å². The van der Waals surface area contributed by atoms with Crippen molar-refractivity contribution in [3.63, 3.8) is 0 Å². The van der Waals surface area contributed by atoms with Gasteiger partial charge in [-0.05, 0) is 69.1 Å². The van der Waals surface area contributed by atoms with Crippen LogP contribution in [-0.2, 0) is 65.4 Å². The normalized spacial score (nSPS) is 14.3. The summed E-state index contributed by atoms with van der Waals surface area (Å²) in [4.78, 5) is 72.6. The Hall–Kier alpha value is -2.46. The SMILES string of the molecule is CCCCCC/C=C\C=C/CCCCCCCC(=O)OC[C@H](COP(=O)(O)OCC(O)COP(=O)(O)OC[C@@H](COC(=O)CCCCCCCCCCC(C)C)OC(=O)CCCCCCCCC(C)C)OC(=O)CCCCCCCCCCCCCCCCCC(C)C. The van der Waals surface area contributed by atoms with Crippen LogP contribution in [0.15, 0.2) is 24.3 Å². The van der Waals surface area contributed by atoms with Gasteiger partial charge in [-0.3, -0.25) is 37.3 Å². The maximum Gasteiger partial charge on any atom is 0.472 e. The molecule has 5 atom stereocenters. The summed E-state index contributed by atoms with van der Waals surface area (Å²) < 4.78 is 68.3. The van der Waals surface area contributed by atoms with E-state index in [1.807, 2.05) is 0 Å². The van der Waals surface area contributed by atoms with Gasteiger partial charge in [0.1, 0.15) is 19.3 Å². The van der Waals surface area contributed by atoms with Crippen LogP contribution in [0.2, 0.25) is 0 Å². The number of unbranched alkanes of at least 4 members (excludes halogenated alkanes) is 35. The van der Waals surface area contributed by atoms with Crippen LogP contribution in [0.25, 0.3) is 0 Å². The van der Waals surface area contributed by atoms with Gasteiger partial charge in [0.25, 0.3) is 0 Å². The van der Waals surface area contributed by atoms with Gasteiger partial charge >= 0.3 is 39.5 Å². The first-order valence-electron chi connectivity index (χ1n) is 37.7. The molecule has 0 aromatic heterocycles. The average molecular weight is 1360 g/mol. The highest BCUT2D eigenvalue weighted by Crippen LogP contribution is 2.45. The molecule has 548 valence electrons. The Kier molecular flexibility index (Phi) is 62.5. The maximum absolute atomic E-state index is 13.1. The predicted octanol–water partition coefficient (Wildman–Crippen LogP) is 21.0. The molecule has 0 saturated heterocycles. The average Bonchev–Trinajstić information content (AvgIpc) is 2.81. The van der Waals surface area contributed by atoms with Crippen molar-refractivity contribution in [3.8, 4) is 0 Å². The van der Waals surface area contributed by atoms with Gasteiger partial charge in [-0.15, -0.1) is 0 Å². The summed E-state index contributed by atoms with van der Waals surface area (Å²) in [6, 6.07) is 0. The molecular weight excluding hydrogens is 1220 g/mol. The van der Waals surface area contributed by atoms with Crippen LogP contribution in [0, 0.1) is 17.8 Å². The number of hydrogen-bond acceptors (Lipinski definition) is 15. The Morgan fingerprint density at radius 1 is 0.333 bits per heavy atom. The quantitative estimate of drug-likeness (QED) is 0.0169. The molecule has 93 heavy (non-hydrogen) atoms. The second-order valence-electron chi connectivity index (χ2n) is 27.4. The summed E-state index contributed by atoms with van der Waals surface area (Å²) in [5.74, 6) is 0.0365. The number of hydrogen-bond donors (Lipinski definition) is 3. The lowest BCUT2D eigenvalue weighted by Gasteiger charge is -2.21. The minimum atomic E-state index is -4.96. The smallest absolute Gasteiger partial charge is 0.462 e. The van der Waals surface area contributed by atoms with E-state index in [-0.39, 0.29) is 25.7 Å². The number of ether oxygens (including phenoxy) is 4. The highest BCUT2D eigenvalue weighted by atomic mass is 31.2. The van der Waals surface area contributed by atoms with Crippen molar-refractivity contribution in [2.45, 2.75) is 369 Å². The number of phosphoric ester groups is 2. The van der Waals surface area contributed by atoms with Gasteiger partial charge in [-0.25, -0.2) is 9.13 Å². The van der Waals surface area contributed by atoms with Gasteiger partial charge in [-0.1, -0.05) is 297 Å². The van der Waals surface area contributed by atoms with E-state index in [4.69, 9.17) is 37.0 Å². The molecule has 0 amide bonds. The summed E-state index contributed by atoms with van der Waals surface area (Å²) in [5.41, 5.74) is 0. The largest absolute Gasteiger partial charge is 0.472 e. The van der Waals surface area contributed by atoms with Gasteiger partial charge in [0.2, 0.25) is 0 Å². The van der Waals surface area contributed by atoms with Crippen LogP contribution in [0.4, 0.5) is 0 Å². The Balaban J connectivity index is 5.26. The molecule has 0 bridgehead atoms. The first kappa shape index (κ1) is 90.5. The minimum Gasteiger partial charge on any atom is -0.462 e. The lowest BCUT2D eigenvalue weighted by atomic mass is 10.0. The molecular formula is C74H140O17P2. The van der Waals surface area contributed by atoms with Crippen molar-refractivity contribution >= 4 is 39.5 Å². The zero-order valence-corrected chi connectivity index (χ0v) is 62.0. The minimum absolute atomic E-state index is 0.0990. The van der Waals surface area contributed by atoms with Crippen molar-refractivity contribution in [3.05, 3.63) is 24.3 Å². The molecule has 0 aromatic rings. The van der Waals surface area contributed by atoms with Crippen molar-refractivity contribution < 1.29 is 80.2 Å². The number of aliphatic hydroxyl groups is 1. The van der Waals surface area contributed by atoms with E-state index in [0.717, 1.165) is 121 Å². The number of phosphoric acid groups is 2. The third-order valence-corrected chi connectivity index (χ3v) is 18.4. The van der Waals surface area contributed by atoms with Crippen molar-refractivity contribution in [1.82, 2.24) is 0 Å². The van der Waals surface area contributed by atoms with Crippen LogP contribution in [0.1, 0.15) is 350 Å². The molecule has 17 nitrogen and oxygen atoms in total. The summed E-state index contributed by atoms with van der Waals surface area (Å²) in [5, 5.41) is 10.6. The third-order valence-electron chi connectivity index (χ3n) is 16.5. The standard InChI is InChI=1S/C74H140O17P2/c1-8-9-10-11-12-13-14-15-17-21-24-27-33-41-48-55-71(76)84-61-69(90-73(78)57-50-43-35-28-25-22-19-16-18-20-23-26-31-38-45-52-65(2)3)63-88-92(80,81)86-59-68(75)60-87-93(82,83)89-64-70(91-74(79)58-51-44-37-36-40-47-54-67(6)7)62-85-72(77)56-49-42-34-30-29-32-39-46-53-66(4)5/h13-15,17,65-70,75H,8-12,16,18-64H2,1-7H3,(H,80,81)(H,82,83)/b14-13-,17-15-/t68?,69-,70-/m1/s1. The van der Waals surface area contributed by atoms with E-state index in [2.05, 4.69) is 72.8 Å². The summed E-state index contributed by atoms with van der Waals surface area (Å²) in [6.07, 6.45) is 52.4. The fraction of sp³-hybridized carbons (Fsp3) is 0.892. The van der Waals surface area contributed by atoms with Gasteiger partial charge in [0.05, 0.1) is 26.4 Å². The van der Waals surface area contributed by atoms with E-state index in [1.54, 1.807) is 0 Å².